The first-order valence-corrected chi connectivity index (χ1v) is 11.4. The number of benzene rings is 2. The van der Waals surface area contributed by atoms with E-state index in [1.807, 2.05) is 31.2 Å². The van der Waals surface area contributed by atoms with Gasteiger partial charge < -0.3 is 9.84 Å². The third-order valence-electron chi connectivity index (χ3n) is 3.93. The second kappa shape index (κ2) is 9.02. The summed E-state index contributed by atoms with van der Waals surface area (Å²) < 4.78 is 7.48. The lowest BCUT2D eigenvalue weighted by Crippen LogP contribution is -2.27. The quantitative estimate of drug-likeness (QED) is 0.413. The van der Waals surface area contributed by atoms with Crippen molar-refractivity contribution >= 4 is 76.8 Å². The molecule has 2 amide bonds. The lowest BCUT2D eigenvalue weighted by Gasteiger charge is -2.14. The van der Waals surface area contributed by atoms with E-state index in [1.54, 1.807) is 6.07 Å². The van der Waals surface area contributed by atoms with Gasteiger partial charge in [-0.2, -0.15) is 0 Å². The van der Waals surface area contributed by atoms with Crippen molar-refractivity contribution in [2.24, 2.45) is 0 Å². The number of nitrogens with zero attached hydrogens (tertiary/aromatic N) is 1. The van der Waals surface area contributed by atoms with E-state index >= 15 is 0 Å². The second-order valence-corrected chi connectivity index (χ2v) is 9.22. The number of ether oxygens (including phenoxy) is 1. The molecule has 28 heavy (non-hydrogen) atoms. The van der Waals surface area contributed by atoms with E-state index in [0.29, 0.717) is 21.1 Å². The summed E-state index contributed by atoms with van der Waals surface area (Å²) in [5.41, 5.74) is 1.19. The first kappa shape index (κ1) is 21.4. The Labute approximate surface area is 191 Å². The number of hydrogen-bond donors (Lipinski definition) is 1. The molecule has 1 fully saturated rings. The van der Waals surface area contributed by atoms with Crippen molar-refractivity contribution in [3.8, 4) is 11.5 Å². The number of rotatable bonds is 5. The van der Waals surface area contributed by atoms with E-state index in [9.17, 15) is 14.7 Å². The predicted molar refractivity (Wildman–Crippen MR) is 120 cm³/mol. The molecule has 146 valence electrons. The van der Waals surface area contributed by atoms with Crippen LogP contribution >= 0.6 is 59.6 Å². The fourth-order valence-corrected chi connectivity index (χ4v) is 4.64. The van der Waals surface area contributed by atoms with E-state index in [0.717, 1.165) is 21.8 Å². The van der Waals surface area contributed by atoms with Gasteiger partial charge in [-0.15, -0.1) is 0 Å². The maximum absolute atomic E-state index is 12.8. The Morgan fingerprint density at radius 2 is 1.89 bits per heavy atom. The minimum absolute atomic E-state index is 0.102. The average molecular weight is 592 g/mol. The van der Waals surface area contributed by atoms with Crippen LogP contribution in [-0.2, 0) is 11.3 Å². The molecule has 0 spiro atoms. The molecule has 1 N–H and O–H groups in total. The van der Waals surface area contributed by atoms with Crippen molar-refractivity contribution in [3.05, 3.63) is 59.8 Å². The summed E-state index contributed by atoms with van der Waals surface area (Å²) in [4.78, 5) is 26.6. The maximum Gasteiger partial charge on any atom is 0.293 e. The topological polar surface area (TPSA) is 66.8 Å². The molecule has 5 nitrogen and oxygen atoms in total. The fraction of sp³-hybridized carbons (Fsp3) is 0.158. The number of phenols is 1. The van der Waals surface area contributed by atoms with Crippen LogP contribution in [0.25, 0.3) is 6.08 Å². The van der Waals surface area contributed by atoms with Crippen LogP contribution in [0.15, 0.2) is 48.7 Å². The summed E-state index contributed by atoms with van der Waals surface area (Å²) in [6.45, 7) is 2.35. The minimum Gasteiger partial charge on any atom is -0.504 e. The number of aromatic hydroxyl groups is 1. The smallest absolute Gasteiger partial charge is 0.293 e. The van der Waals surface area contributed by atoms with Crippen LogP contribution in [0.3, 0.4) is 0 Å². The number of carbonyl (C=O) groups is 2. The standard InChI is InChI=1S/C19H14Br3NO4S/c1-2-27-14-8-13(21)16(22)11(17(14)24)7-15-18(25)23(19(26)28-15)9-10-5-3-4-6-12(10)20/h3-8,24H,2,9H2,1H3/b15-7-. The van der Waals surface area contributed by atoms with Crippen molar-refractivity contribution < 1.29 is 19.4 Å². The first-order chi connectivity index (χ1) is 13.3. The molecule has 9 heteroatoms. The van der Waals surface area contributed by atoms with Gasteiger partial charge in [-0.25, -0.2) is 0 Å². The molecule has 0 aliphatic carbocycles. The van der Waals surface area contributed by atoms with Gasteiger partial charge in [0, 0.05) is 19.0 Å². The fourth-order valence-electron chi connectivity index (χ4n) is 2.57. The Kier molecular flexibility index (Phi) is 6.90. The van der Waals surface area contributed by atoms with Gasteiger partial charge in [0.2, 0.25) is 0 Å². The van der Waals surface area contributed by atoms with Crippen LogP contribution in [0.1, 0.15) is 18.1 Å². The summed E-state index contributed by atoms with van der Waals surface area (Å²) in [7, 11) is 0. The monoisotopic (exact) mass is 589 g/mol. The molecule has 0 saturated carbocycles. The van der Waals surface area contributed by atoms with Gasteiger partial charge in [-0.1, -0.05) is 34.1 Å². The molecule has 2 aromatic rings. The van der Waals surface area contributed by atoms with Crippen molar-refractivity contribution in [2.75, 3.05) is 6.61 Å². The number of hydrogen-bond acceptors (Lipinski definition) is 5. The Bertz CT molecular complexity index is 993. The van der Waals surface area contributed by atoms with Gasteiger partial charge in [0.05, 0.1) is 18.1 Å². The van der Waals surface area contributed by atoms with Gasteiger partial charge in [0.25, 0.3) is 11.1 Å². The van der Waals surface area contributed by atoms with E-state index in [2.05, 4.69) is 47.8 Å². The van der Waals surface area contributed by atoms with Crippen LogP contribution in [0.5, 0.6) is 11.5 Å². The summed E-state index contributed by atoms with van der Waals surface area (Å²) in [6.07, 6.45) is 1.50. The number of carbonyl (C=O) groups excluding carboxylic acids is 2. The molecule has 0 aromatic heterocycles. The molecule has 0 unspecified atom stereocenters. The number of phenolic OH excluding ortho intramolecular Hbond substituents is 1. The van der Waals surface area contributed by atoms with Crippen molar-refractivity contribution in [1.29, 1.82) is 0 Å². The SMILES string of the molecule is CCOc1cc(Br)c(Br)c(/C=C2\SC(=O)N(Cc3ccccc3Br)C2=O)c1O. The van der Waals surface area contributed by atoms with Gasteiger partial charge in [0.1, 0.15) is 0 Å². The van der Waals surface area contributed by atoms with Gasteiger partial charge >= 0.3 is 0 Å². The molecule has 3 rings (SSSR count). The highest BCUT2D eigenvalue weighted by atomic mass is 79.9. The Morgan fingerprint density at radius 3 is 2.57 bits per heavy atom. The lowest BCUT2D eigenvalue weighted by molar-refractivity contribution is -0.123. The third-order valence-corrected chi connectivity index (χ3v) is 7.62. The number of thioether (sulfide) groups is 1. The number of halogens is 3. The van der Waals surface area contributed by atoms with Gasteiger partial charge in [-0.05, 0) is 74.3 Å². The van der Waals surface area contributed by atoms with Gasteiger partial charge in [0.15, 0.2) is 11.5 Å². The van der Waals surface area contributed by atoms with Crippen LogP contribution in [0, 0.1) is 0 Å². The van der Waals surface area contributed by atoms with Crippen molar-refractivity contribution in [2.45, 2.75) is 13.5 Å². The largest absolute Gasteiger partial charge is 0.504 e. The van der Waals surface area contributed by atoms with Crippen LogP contribution in [0.4, 0.5) is 4.79 Å². The first-order valence-electron chi connectivity index (χ1n) is 8.16. The van der Waals surface area contributed by atoms with Crippen molar-refractivity contribution in [1.82, 2.24) is 4.90 Å². The molecule has 1 saturated heterocycles. The van der Waals surface area contributed by atoms with Crippen molar-refractivity contribution in [3.63, 3.8) is 0 Å². The van der Waals surface area contributed by atoms with Crippen LogP contribution in [0.2, 0.25) is 0 Å². The molecule has 1 heterocycles. The predicted octanol–water partition coefficient (Wildman–Crippen LogP) is 6.31. The minimum atomic E-state index is -0.407. The molecule has 0 atom stereocenters. The van der Waals surface area contributed by atoms with E-state index in [1.165, 1.54) is 11.0 Å². The molecule has 1 aliphatic heterocycles. The summed E-state index contributed by atoms with van der Waals surface area (Å²) >= 11 is 11.1. The van der Waals surface area contributed by atoms with Crippen LogP contribution in [-0.4, -0.2) is 27.8 Å². The van der Waals surface area contributed by atoms with E-state index in [-0.39, 0.29) is 28.2 Å². The maximum atomic E-state index is 12.8. The number of amides is 2. The normalized spacial score (nSPS) is 15.6. The van der Waals surface area contributed by atoms with E-state index < -0.39 is 5.91 Å². The Morgan fingerprint density at radius 1 is 1.18 bits per heavy atom. The highest BCUT2D eigenvalue weighted by Crippen LogP contribution is 2.44. The zero-order chi connectivity index (χ0) is 20.4. The zero-order valence-electron chi connectivity index (χ0n) is 14.5. The summed E-state index contributed by atoms with van der Waals surface area (Å²) in [5, 5.41) is 10.2. The third kappa shape index (κ3) is 4.32. The lowest BCUT2D eigenvalue weighted by atomic mass is 10.1. The number of imide groups is 1. The molecule has 0 radical (unpaired) electrons. The highest BCUT2D eigenvalue weighted by Gasteiger charge is 2.35. The summed E-state index contributed by atoms with van der Waals surface area (Å²) in [6, 6.07) is 9.06. The Balaban J connectivity index is 1.95. The van der Waals surface area contributed by atoms with E-state index in [4.69, 9.17) is 4.74 Å². The zero-order valence-corrected chi connectivity index (χ0v) is 20.1. The second-order valence-electron chi connectivity index (χ2n) is 5.73. The molecule has 2 aromatic carbocycles. The molecular formula is C19H14Br3NO4S. The molecule has 0 bridgehead atoms. The van der Waals surface area contributed by atoms with Crippen LogP contribution < -0.4 is 4.74 Å². The molecular weight excluding hydrogens is 578 g/mol. The highest BCUT2D eigenvalue weighted by molar-refractivity contribution is 9.13. The van der Waals surface area contributed by atoms with Gasteiger partial charge in [-0.3, -0.25) is 14.5 Å². The Hall–Kier alpha value is -1.29. The molecule has 1 aliphatic rings. The average Bonchev–Trinajstić information content (AvgIpc) is 2.92. The summed E-state index contributed by atoms with van der Waals surface area (Å²) in [5.74, 6) is -0.221.